The van der Waals surface area contributed by atoms with Crippen molar-refractivity contribution in [3.05, 3.63) is 51.7 Å². The number of benzene rings is 1. The third-order valence-corrected chi connectivity index (χ3v) is 4.83. The number of nitrogens with one attached hydrogen (secondary N) is 1. The van der Waals surface area contributed by atoms with E-state index < -0.39 is 0 Å². The van der Waals surface area contributed by atoms with E-state index in [4.69, 9.17) is 4.74 Å². The molecule has 23 heavy (non-hydrogen) atoms. The summed E-state index contributed by atoms with van der Waals surface area (Å²) in [5.41, 5.74) is 2.16. The molecule has 1 atom stereocenters. The summed E-state index contributed by atoms with van der Waals surface area (Å²) in [4.78, 5) is 24.8. The van der Waals surface area contributed by atoms with Crippen LogP contribution in [0.15, 0.2) is 35.7 Å². The van der Waals surface area contributed by atoms with E-state index in [1.165, 1.54) is 11.3 Å². The Morgan fingerprint density at radius 2 is 2.17 bits per heavy atom. The molecule has 0 fully saturated rings. The average molecular weight is 329 g/mol. The number of ketones is 1. The summed E-state index contributed by atoms with van der Waals surface area (Å²) in [6.45, 7) is 2.61. The Hall–Kier alpha value is -2.14. The summed E-state index contributed by atoms with van der Waals surface area (Å²) in [5.74, 6) is 0.773. The van der Waals surface area contributed by atoms with Gasteiger partial charge in [-0.25, -0.2) is 0 Å². The van der Waals surface area contributed by atoms with Crippen molar-refractivity contribution in [1.29, 1.82) is 0 Å². The molecule has 0 spiro atoms. The molecular formula is C18H19NO3S. The number of carbonyl (C=O) groups is 2. The van der Waals surface area contributed by atoms with Crippen LogP contribution in [0.4, 0.5) is 0 Å². The van der Waals surface area contributed by atoms with Gasteiger partial charge in [0, 0.05) is 24.8 Å². The van der Waals surface area contributed by atoms with Crippen LogP contribution in [0.2, 0.25) is 0 Å². The molecule has 3 rings (SSSR count). The Bertz CT molecular complexity index is 709. The van der Waals surface area contributed by atoms with Crippen LogP contribution >= 0.6 is 11.3 Å². The van der Waals surface area contributed by atoms with E-state index in [1.54, 1.807) is 6.07 Å². The van der Waals surface area contributed by atoms with Crippen LogP contribution in [0.25, 0.3) is 0 Å². The molecule has 1 N–H and O–H groups in total. The van der Waals surface area contributed by atoms with E-state index in [9.17, 15) is 9.59 Å². The van der Waals surface area contributed by atoms with E-state index in [0.29, 0.717) is 11.5 Å². The number of hydrogen-bond donors (Lipinski definition) is 1. The van der Waals surface area contributed by atoms with Crippen molar-refractivity contribution in [2.24, 2.45) is 0 Å². The normalized spacial score (nSPS) is 16.3. The van der Waals surface area contributed by atoms with Crippen LogP contribution in [0.3, 0.4) is 0 Å². The van der Waals surface area contributed by atoms with Gasteiger partial charge in [0.15, 0.2) is 5.78 Å². The SMILES string of the molecule is Cc1ccc2c(c1)C(NC(=O)CCC(=O)c1cccs1)CCO2. The first kappa shape index (κ1) is 15.7. The number of aryl methyl sites for hydroxylation is 1. The van der Waals surface area contributed by atoms with Gasteiger partial charge in [0.2, 0.25) is 5.91 Å². The Morgan fingerprint density at radius 3 is 2.96 bits per heavy atom. The van der Waals surface area contributed by atoms with Crippen LogP contribution in [-0.2, 0) is 4.79 Å². The lowest BCUT2D eigenvalue weighted by molar-refractivity contribution is -0.122. The summed E-state index contributed by atoms with van der Waals surface area (Å²) in [6, 6.07) is 9.60. The van der Waals surface area contributed by atoms with Crippen molar-refractivity contribution in [1.82, 2.24) is 5.32 Å². The van der Waals surface area contributed by atoms with Crippen molar-refractivity contribution < 1.29 is 14.3 Å². The van der Waals surface area contributed by atoms with Gasteiger partial charge in [0.1, 0.15) is 5.75 Å². The molecule has 0 saturated carbocycles. The number of Topliss-reactive ketones (excluding diaryl/α,β-unsaturated/α-hetero) is 1. The van der Waals surface area contributed by atoms with Gasteiger partial charge in [-0.1, -0.05) is 23.8 Å². The number of amides is 1. The maximum absolute atomic E-state index is 12.2. The molecular weight excluding hydrogens is 310 g/mol. The summed E-state index contributed by atoms with van der Waals surface area (Å²) < 4.78 is 5.63. The first-order valence-corrected chi connectivity index (χ1v) is 8.61. The lowest BCUT2D eigenvalue weighted by Crippen LogP contribution is -2.32. The highest BCUT2D eigenvalue weighted by Gasteiger charge is 2.23. The standard InChI is InChI=1S/C18H19NO3S/c1-12-4-6-16-13(11-12)14(8-9-22-16)19-18(21)7-5-15(20)17-3-2-10-23-17/h2-4,6,10-11,14H,5,7-9H2,1H3,(H,19,21). The Balaban J connectivity index is 1.59. The molecule has 4 nitrogen and oxygen atoms in total. The highest BCUT2D eigenvalue weighted by molar-refractivity contribution is 7.12. The molecule has 1 aliphatic heterocycles. The lowest BCUT2D eigenvalue weighted by Gasteiger charge is -2.27. The van der Waals surface area contributed by atoms with Crippen LogP contribution in [0.1, 0.15) is 46.1 Å². The molecule has 0 aliphatic carbocycles. The second-order valence-electron chi connectivity index (χ2n) is 5.70. The molecule has 5 heteroatoms. The van der Waals surface area contributed by atoms with Crippen molar-refractivity contribution in [2.45, 2.75) is 32.2 Å². The highest BCUT2D eigenvalue weighted by Crippen LogP contribution is 2.32. The van der Waals surface area contributed by atoms with Gasteiger partial charge in [-0.3, -0.25) is 9.59 Å². The fourth-order valence-electron chi connectivity index (χ4n) is 2.72. The van der Waals surface area contributed by atoms with Gasteiger partial charge in [-0.15, -0.1) is 11.3 Å². The molecule has 1 aromatic carbocycles. The van der Waals surface area contributed by atoms with Crippen molar-refractivity contribution in [3.63, 3.8) is 0 Å². The van der Waals surface area contributed by atoms with Gasteiger partial charge < -0.3 is 10.1 Å². The molecule has 2 aromatic rings. The number of thiophene rings is 1. The number of ether oxygens (including phenoxy) is 1. The van der Waals surface area contributed by atoms with E-state index >= 15 is 0 Å². The topological polar surface area (TPSA) is 55.4 Å². The Kier molecular flexibility index (Phi) is 4.76. The zero-order chi connectivity index (χ0) is 16.2. The third-order valence-electron chi connectivity index (χ3n) is 3.92. The highest BCUT2D eigenvalue weighted by atomic mass is 32.1. The van der Waals surface area contributed by atoms with E-state index in [1.807, 2.05) is 30.5 Å². The number of fused-ring (bicyclic) bond motifs is 1. The predicted octanol–water partition coefficient (Wildman–Crippen LogP) is 3.66. The van der Waals surface area contributed by atoms with Gasteiger partial charge >= 0.3 is 0 Å². The third kappa shape index (κ3) is 3.79. The summed E-state index contributed by atoms with van der Waals surface area (Å²) in [5, 5.41) is 4.90. The lowest BCUT2D eigenvalue weighted by atomic mass is 9.98. The Labute approximate surface area is 139 Å². The fraction of sp³-hybridized carbons (Fsp3) is 0.333. The molecule has 0 radical (unpaired) electrons. The summed E-state index contributed by atoms with van der Waals surface area (Å²) >= 11 is 1.41. The minimum absolute atomic E-state index is 0.0263. The fourth-order valence-corrected chi connectivity index (χ4v) is 3.41. The number of rotatable bonds is 5. The van der Waals surface area contributed by atoms with Crippen LogP contribution < -0.4 is 10.1 Å². The van der Waals surface area contributed by atoms with E-state index in [2.05, 4.69) is 11.4 Å². The maximum atomic E-state index is 12.2. The monoisotopic (exact) mass is 329 g/mol. The Morgan fingerprint density at radius 1 is 1.30 bits per heavy atom. The number of carbonyl (C=O) groups excluding carboxylic acids is 2. The van der Waals surface area contributed by atoms with Gasteiger partial charge in [0.05, 0.1) is 17.5 Å². The van der Waals surface area contributed by atoms with Crippen LogP contribution in [-0.4, -0.2) is 18.3 Å². The molecule has 1 aromatic heterocycles. The zero-order valence-electron chi connectivity index (χ0n) is 13.0. The molecule has 1 aliphatic rings. The molecule has 0 bridgehead atoms. The molecule has 2 heterocycles. The van der Waals surface area contributed by atoms with Gasteiger partial charge in [-0.05, 0) is 24.4 Å². The van der Waals surface area contributed by atoms with Gasteiger partial charge in [-0.2, -0.15) is 0 Å². The number of hydrogen-bond acceptors (Lipinski definition) is 4. The van der Waals surface area contributed by atoms with Gasteiger partial charge in [0.25, 0.3) is 0 Å². The smallest absolute Gasteiger partial charge is 0.220 e. The molecule has 1 amide bonds. The minimum atomic E-state index is -0.0886. The largest absolute Gasteiger partial charge is 0.493 e. The van der Waals surface area contributed by atoms with Crippen molar-refractivity contribution in [2.75, 3.05) is 6.61 Å². The van der Waals surface area contributed by atoms with Crippen molar-refractivity contribution >= 4 is 23.0 Å². The zero-order valence-corrected chi connectivity index (χ0v) is 13.8. The predicted molar refractivity (Wildman–Crippen MR) is 90.1 cm³/mol. The van der Waals surface area contributed by atoms with Crippen molar-refractivity contribution in [3.8, 4) is 5.75 Å². The molecule has 120 valence electrons. The maximum Gasteiger partial charge on any atom is 0.220 e. The average Bonchev–Trinajstić information content (AvgIpc) is 3.08. The second-order valence-corrected chi connectivity index (χ2v) is 6.65. The van der Waals surface area contributed by atoms with Crippen LogP contribution in [0, 0.1) is 6.92 Å². The molecule has 0 saturated heterocycles. The van der Waals surface area contributed by atoms with E-state index in [-0.39, 0.29) is 30.6 Å². The minimum Gasteiger partial charge on any atom is -0.493 e. The first-order valence-electron chi connectivity index (χ1n) is 7.73. The first-order chi connectivity index (χ1) is 11.1. The van der Waals surface area contributed by atoms with E-state index in [0.717, 1.165) is 23.3 Å². The molecule has 1 unspecified atom stereocenters. The summed E-state index contributed by atoms with van der Waals surface area (Å²) in [7, 11) is 0. The second kappa shape index (κ2) is 6.96. The van der Waals surface area contributed by atoms with Crippen LogP contribution in [0.5, 0.6) is 5.75 Å². The summed E-state index contributed by atoms with van der Waals surface area (Å²) in [6.07, 6.45) is 1.21. The quantitative estimate of drug-likeness (QED) is 0.852.